The van der Waals surface area contributed by atoms with Crippen molar-refractivity contribution in [3.05, 3.63) is 27.8 Å². The molecule has 15 heavy (non-hydrogen) atoms. The predicted octanol–water partition coefficient (Wildman–Crippen LogP) is 3.06. The molecule has 0 aliphatic heterocycles. The standard InChI is InChI=1S/C12H18INO/c1-10(5-4-8-14-2)15-12-7-3-6-11(13)9-12/h3,6-7,9-10,14H,4-5,8H2,1-2H3. The summed E-state index contributed by atoms with van der Waals surface area (Å²) in [6, 6.07) is 8.17. The second-order valence-electron chi connectivity index (χ2n) is 3.63. The number of halogens is 1. The molecule has 1 rings (SSSR count). The van der Waals surface area contributed by atoms with Gasteiger partial charge in [-0.05, 0) is 74.1 Å². The fraction of sp³-hybridized carbons (Fsp3) is 0.500. The van der Waals surface area contributed by atoms with Crippen LogP contribution in [0, 0.1) is 3.57 Å². The first-order valence-corrected chi connectivity index (χ1v) is 6.37. The summed E-state index contributed by atoms with van der Waals surface area (Å²) in [6.45, 7) is 3.18. The lowest BCUT2D eigenvalue weighted by Gasteiger charge is -2.14. The molecule has 1 aromatic rings. The highest BCUT2D eigenvalue weighted by Gasteiger charge is 2.03. The smallest absolute Gasteiger partial charge is 0.120 e. The second-order valence-corrected chi connectivity index (χ2v) is 4.88. The molecule has 0 spiro atoms. The van der Waals surface area contributed by atoms with E-state index in [1.165, 1.54) is 3.57 Å². The van der Waals surface area contributed by atoms with Crippen molar-refractivity contribution < 1.29 is 4.74 Å². The number of hydrogen-bond donors (Lipinski definition) is 1. The van der Waals surface area contributed by atoms with E-state index < -0.39 is 0 Å². The van der Waals surface area contributed by atoms with E-state index in [0.717, 1.165) is 25.1 Å². The maximum Gasteiger partial charge on any atom is 0.120 e. The van der Waals surface area contributed by atoms with E-state index in [1.54, 1.807) is 0 Å². The molecule has 2 nitrogen and oxygen atoms in total. The zero-order valence-electron chi connectivity index (χ0n) is 9.29. The zero-order chi connectivity index (χ0) is 11.1. The fourth-order valence-electron chi connectivity index (χ4n) is 1.40. The van der Waals surface area contributed by atoms with Gasteiger partial charge in [-0.1, -0.05) is 6.07 Å². The van der Waals surface area contributed by atoms with Crippen molar-refractivity contribution in [3.8, 4) is 5.75 Å². The third kappa shape index (κ3) is 5.37. The van der Waals surface area contributed by atoms with Gasteiger partial charge >= 0.3 is 0 Å². The first kappa shape index (κ1) is 12.8. The van der Waals surface area contributed by atoms with Crippen LogP contribution in [0.25, 0.3) is 0 Å². The molecule has 0 amide bonds. The number of ether oxygens (including phenoxy) is 1. The van der Waals surface area contributed by atoms with E-state index >= 15 is 0 Å². The van der Waals surface area contributed by atoms with Crippen LogP contribution in [0.4, 0.5) is 0 Å². The van der Waals surface area contributed by atoms with Crippen LogP contribution in [0.5, 0.6) is 5.75 Å². The van der Waals surface area contributed by atoms with E-state index in [-0.39, 0.29) is 6.10 Å². The van der Waals surface area contributed by atoms with Crippen LogP contribution >= 0.6 is 22.6 Å². The average molecular weight is 319 g/mol. The average Bonchev–Trinajstić information content (AvgIpc) is 2.18. The summed E-state index contributed by atoms with van der Waals surface area (Å²) in [5.74, 6) is 0.971. The molecule has 1 unspecified atom stereocenters. The van der Waals surface area contributed by atoms with Crippen LogP contribution < -0.4 is 10.1 Å². The summed E-state index contributed by atoms with van der Waals surface area (Å²) >= 11 is 2.30. The van der Waals surface area contributed by atoms with Crippen molar-refractivity contribution in [2.45, 2.75) is 25.9 Å². The van der Waals surface area contributed by atoms with Crippen molar-refractivity contribution in [1.82, 2.24) is 5.32 Å². The summed E-state index contributed by atoms with van der Waals surface area (Å²) in [5, 5.41) is 3.14. The second kappa shape index (κ2) is 7.06. The van der Waals surface area contributed by atoms with E-state index in [1.807, 2.05) is 19.2 Å². The Labute approximate surface area is 106 Å². The third-order valence-corrected chi connectivity index (χ3v) is 2.84. The summed E-state index contributed by atoms with van der Waals surface area (Å²) in [4.78, 5) is 0. The van der Waals surface area contributed by atoms with Crippen LogP contribution in [0.3, 0.4) is 0 Å². The maximum atomic E-state index is 5.81. The SMILES string of the molecule is CNCCCC(C)Oc1cccc(I)c1. The first-order valence-electron chi connectivity index (χ1n) is 5.29. The number of benzene rings is 1. The van der Waals surface area contributed by atoms with Crippen molar-refractivity contribution in [2.75, 3.05) is 13.6 Å². The number of nitrogens with one attached hydrogen (secondary N) is 1. The van der Waals surface area contributed by atoms with Crippen LogP contribution in [-0.4, -0.2) is 19.7 Å². The summed E-state index contributed by atoms with van der Waals surface area (Å²) in [5.41, 5.74) is 0. The maximum absolute atomic E-state index is 5.81. The molecule has 0 aliphatic carbocycles. The zero-order valence-corrected chi connectivity index (χ0v) is 11.5. The topological polar surface area (TPSA) is 21.3 Å². The minimum Gasteiger partial charge on any atom is -0.491 e. The molecular weight excluding hydrogens is 301 g/mol. The van der Waals surface area contributed by atoms with Gasteiger partial charge in [-0.2, -0.15) is 0 Å². The molecule has 0 aliphatic rings. The Morgan fingerprint density at radius 3 is 2.93 bits per heavy atom. The van der Waals surface area contributed by atoms with Crippen molar-refractivity contribution in [1.29, 1.82) is 0 Å². The molecule has 0 radical (unpaired) electrons. The Hall–Kier alpha value is -0.290. The quantitative estimate of drug-likeness (QED) is 0.643. The van der Waals surface area contributed by atoms with Crippen LogP contribution in [-0.2, 0) is 0 Å². The van der Waals surface area contributed by atoms with Gasteiger partial charge in [0.15, 0.2) is 0 Å². The van der Waals surface area contributed by atoms with Gasteiger partial charge in [0.2, 0.25) is 0 Å². The summed E-state index contributed by atoms with van der Waals surface area (Å²) in [6.07, 6.45) is 2.53. The van der Waals surface area contributed by atoms with Crippen molar-refractivity contribution >= 4 is 22.6 Å². The highest BCUT2D eigenvalue weighted by molar-refractivity contribution is 14.1. The van der Waals surface area contributed by atoms with E-state index in [9.17, 15) is 0 Å². The molecule has 0 saturated heterocycles. The number of rotatable bonds is 6. The van der Waals surface area contributed by atoms with Gasteiger partial charge in [-0.15, -0.1) is 0 Å². The lowest BCUT2D eigenvalue weighted by Crippen LogP contribution is -2.15. The highest BCUT2D eigenvalue weighted by atomic mass is 127. The van der Waals surface area contributed by atoms with Crippen LogP contribution in [0.1, 0.15) is 19.8 Å². The monoisotopic (exact) mass is 319 g/mol. The van der Waals surface area contributed by atoms with E-state index in [2.05, 4.69) is 47.0 Å². The van der Waals surface area contributed by atoms with Gasteiger partial charge in [0.1, 0.15) is 5.75 Å². The Kier molecular flexibility index (Phi) is 6.02. The normalized spacial score (nSPS) is 12.5. The van der Waals surface area contributed by atoms with Gasteiger partial charge in [0, 0.05) is 3.57 Å². The lowest BCUT2D eigenvalue weighted by molar-refractivity contribution is 0.207. The molecule has 84 valence electrons. The highest BCUT2D eigenvalue weighted by Crippen LogP contribution is 2.17. The Balaban J connectivity index is 2.34. The molecule has 1 atom stereocenters. The first-order chi connectivity index (χ1) is 7.22. The van der Waals surface area contributed by atoms with Gasteiger partial charge in [-0.25, -0.2) is 0 Å². The molecule has 0 heterocycles. The van der Waals surface area contributed by atoms with Gasteiger partial charge in [0.05, 0.1) is 6.10 Å². The molecule has 0 bridgehead atoms. The Morgan fingerprint density at radius 2 is 2.27 bits per heavy atom. The van der Waals surface area contributed by atoms with Crippen molar-refractivity contribution in [3.63, 3.8) is 0 Å². The summed E-state index contributed by atoms with van der Waals surface area (Å²) < 4.78 is 7.02. The predicted molar refractivity (Wildman–Crippen MR) is 72.4 cm³/mol. The minimum atomic E-state index is 0.288. The summed E-state index contributed by atoms with van der Waals surface area (Å²) in [7, 11) is 1.98. The van der Waals surface area contributed by atoms with Gasteiger partial charge < -0.3 is 10.1 Å². The molecule has 1 aromatic carbocycles. The Bertz CT molecular complexity index is 291. The molecule has 0 fully saturated rings. The van der Waals surface area contributed by atoms with Crippen molar-refractivity contribution in [2.24, 2.45) is 0 Å². The molecular formula is C12H18INO. The molecule has 0 aromatic heterocycles. The van der Waals surface area contributed by atoms with E-state index in [0.29, 0.717) is 0 Å². The molecule has 0 saturated carbocycles. The van der Waals surface area contributed by atoms with Crippen LogP contribution in [0.15, 0.2) is 24.3 Å². The molecule has 3 heteroatoms. The van der Waals surface area contributed by atoms with Crippen LogP contribution in [0.2, 0.25) is 0 Å². The molecule has 1 N–H and O–H groups in total. The minimum absolute atomic E-state index is 0.288. The number of hydrogen-bond acceptors (Lipinski definition) is 2. The van der Waals surface area contributed by atoms with E-state index in [4.69, 9.17) is 4.74 Å². The third-order valence-electron chi connectivity index (χ3n) is 2.17. The Morgan fingerprint density at radius 1 is 1.47 bits per heavy atom. The largest absolute Gasteiger partial charge is 0.491 e. The fourth-order valence-corrected chi connectivity index (χ4v) is 1.91. The lowest BCUT2D eigenvalue weighted by atomic mass is 10.2. The van der Waals surface area contributed by atoms with Gasteiger partial charge in [-0.3, -0.25) is 0 Å². The van der Waals surface area contributed by atoms with Gasteiger partial charge in [0.25, 0.3) is 0 Å².